The van der Waals surface area contributed by atoms with Crippen LogP contribution in [-0.2, 0) is 9.53 Å². The highest BCUT2D eigenvalue weighted by atomic mass is 16.6. The van der Waals surface area contributed by atoms with Crippen molar-refractivity contribution in [1.82, 2.24) is 5.32 Å². The molecule has 0 aliphatic heterocycles. The zero-order valence-corrected chi connectivity index (χ0v) is 9.58. The third-order valence-corrected chi connectivity index (χ3v) is 1.56. The minimum atomic E-state index is -0.483. The first kappa shape index (κ1) is 13.9. The summed E-state index contributed by atoms with van der Waals surface area (Å²) in [6, 6.07) is -0.439. The number of carbonyl (C=O) groups is 2. The maximum Gasteiger partial charge on any atom is 0.407 e. The molecule has 0 fully saturated rings. The second kappa shape index (κ2) is 6.40. The summed E-state index contributed by atoms with van der Waals surface area (Å²) in [5.74, 6) is 0. The number of alkyl carbamates (subject to hydrolysis) is 1. The van der Waals surface area contributed by atoms with Gasteiger partial charge in [-0.25, -0.2) is 4.79 Å². The van der Waals surface area contributed by atoms with Crippen LogP contribution in [0.1, 0.15) is 33.6 Å². The van der Waals surface area contributed by atoms with Crippen LogP contribution in [0, 0.1) is 0 Å². The lowest BCUT2D eigenvalue weighted by Crippen LogP contribution is -2.33. The van der Waals surface area contributed by atoms with E-state index < -0.39 is 17.7 Å². The van der Waals surface area contributed by atoms with Gasteiger partial charge in [-0.05, 0) is 33.6 Å². The molecule has 15 heavy (non-hydrogen) atoms. The zero-order valence-electron chi connectivity index (χ0n) is 9.58. The monoisotopic (exact) mass is 216 g/mol. The van der Waals surface area contributed by atoms with Crippen molar-refractivity contribution in [2.24, 2.45) is 5.73 Å². The van der Waals surface area contributed by atoms with Crippen LogP contribution < -0.4 is 11.1 Å². The van der Waals surface area contributed by atoms with E-state index >= 15 is 0 Å². The van der Waals surface area contributed by atoms with Gasteiger partial charge in [0.15, 0.2) is 0 Å². The second-order valence-electron chi connectivity index (χ2n) is 4.37. The summed E-state index contributed by atoms with van der Waals surface area (Å²) in [7, 11) is 0. The first-order chi connectivity index (χ1) is 6.85. The van der Waals surface area contributed by atoms with Crippen LogP contribution in [0.25, 0.3) is 0 Å². The van der Waals surface area contributed by atoms with E-state index in [1.807, 2.05) is 0 Å². The van der Waals surface area contributed by atoms with Gasteiger partial charge in [-0.15, -0.1) is 0 Å². The Labute approximate surface area is 90.4 Å². The number of hydrogen-bond donors (Lipinski definition) is 2. The lowest BCUT2D eigenvalue weighted by Gasteiger charge is -2.19. The molecule has 0 bridgehead atoms. The van der Waals surface area contributed by atoms with Crippen LogP contribution in [0.3, 0.4) is 0 Å². The number of rotatable bonds is 5. The fraction of sp³-hybridized carbons (Fsp3) is 0.800. The van der Waals surface area contributed by atoms with Crippen molar-refractivity contribution in [3.63, 3.8) is 0 Å². The van der Waals surface area contributed by atoms with Gasteiger partial charge in [0.1, 0.15) is 11.9 Å². The molecule has 1 unspecified atom stereocenters. The Kier molecular flexibility index (Phi) is 5.93. The van der Waals surface area contributed by atoms with Crippen LogP contribution in [0.5, 0.6) is 0 Å². The predicted molar refractivity (Wildman–Crippen MR) is 57.5 cm³/mol. The molecule has 0 rings (SSSR count). The maximum atomic E-state index is 11.1. The summed E-state index contributed by atoms with van der Waals surface area (Å²) in [6.45, 7) is 5.87. The molecule has 0 aromatic carbocycles. The molecule has 0 aliphatic rings. The molecule has 0 spiro atoms. The Hall–Kier alpha value is -1.10. The Morgan fingerprint density at radius 1 is 1.53 bits per heavy atom. The van der Waals surface area contributed by atoms with E-state index in [2.05, 4.69) is 5.32 Å². The molecule has 0 aromatic heterocycles. The number of aldehydes is 1. The normalized spacial score (nSPS) is 13.1. The van der Waals surface area contributed by atoms with Crippen LogP contribution >= 0.6 is 0 Å². The smallest absolute Gasteiger partial charge is 0.407 e. The standard InChI is InChI=1S/C10H20N2O3/c1-10(2,3)15-9(14)12-6-4-5-8(11)7-13/h7-8H,4-6,11H2,1-3H3,(H,12,14). The van der Waals surface area contributed by atoms with Crippen molar-refractivity contribution >= 4 is 12.4 Å². The number of hydrogen-bond acceptors (Lipinski definition) is 4. The van der Waals surface area contributed by atoms with E-state index in [9.17, 15) is 9.59 Å². The highest BCUT2D eigenvalue weighted by Gasteiger charge is 2.15. The first-order valence-corrected chi connectivity index (χ1v) is 5.03. The molecule has 0 aromatic rings. The Balaban J connectivity index is 3.52. The predicted octanol–water partition coefficient (Wildman–Crippen LogP) is 0.818. The fourth-order valence-electron chi connectivity index (χ4n) is 0.910. The van der Waals surface area contributed by atoms with Crippen LogP contribution in [0.15, 0.2) is 0 Å². The van der Waals surface area contributed by atoms with Gasteiger partial charge in [-0.2, -0.15) is 0 Å². The maximum absolute atomic E-state index is 11.1. The van der Waals surface area contributed by atoms with Gasteiger partial charge in [0.25, 0.3) is 0 Å². The molecule has 0 radical (unpaired) electrons. The van der Waals surface area contributed by atoms with Crippen molar-refractivity contribution in [3.8, 4) is 0 Å². The van der Waals surface area contributed by atoms with E-state index in [-0.39, 0.29) is 0 Å². The topological polar surface area (TPSA) is 81.4 Å². The number of nitrogens with two attached hydrogens (primary N) is 1. The third-order valence-electron chi connectivity index (χ3n) is 1.56. The summed E-state index contributed by atoms with van der Waals surface area (Å²) in [5, 5.41) is 2.59. The van der Waals surface area contributed by atoms with Crippen LogP contribution in [-0.4, -0.2) is 30.6 Å². The zero-order chi connectivity index (χ0) is 11.9. The lowest BCUT2D eigenvalue weighted by molar-refractivity contribution is -0.109. The molecule has 5 heteroatoms. The van der Waals surface area contributed by atoms with Gasteiger partial charge in [-0.1, -0.05) is 0 Å². The minimum Gasteiger partial charge on any atom is -0.444 e. The van der Waals surface area contributed by atoms with Gasteiger partial charge < -0.3 is 20.6 Å². The van der Waals surface area contributed by atoms with E-state index in [1.165, 1.54) is 0 Å². The fourth-order valence-corrected chi connectivity index (χ4v) is 0.910. The van der Waals surface area contributed by atoms with Gasteiger partial charge in [0.05, 0.1) is 6.04 Å². The molecular formula is C10H20N2O3. The largest absolute Gasteiger partial charge is 0.444 e. The minimum absolute atomic E-state index is 0.439. The van der Waals surface area contributed by atoms with Crippen molar-refractivity contribution < 1.29 is 14.3 Å². The third kappa shape index (κ3) is 9.21. The number of carbonyl (C=O) groups excluding carboxylic acids is 2. The van der Waals surface area contributed by atoms with E-state index in [0.717, 1.165) is 0 Å². The van der Waals surface area contributed by atoms with E-state index in [4.69, 9.17) is 10.5 Å². The summed E-state index contributed by atoms with van der Waals surface area (Å²) in [6.07, 6.45) is 1.49. The Morgan fingerprint density at radius 3 is 2.60 bits per heavy atom. The molecular weight excluding hydrogens is 196 g/mol. The van der Waals surface area contributed by atoms with Gasteiger partial charge in [0, 0.05) is 6.54 Å². The summed E-state index contributed by atoms with van der Waals surface area (Å²) in [4.78, 5) is 21.3. The van der Waals surface area contributed by atoms with E-state index in [1.54, 1.807) is 20.8 Å². The molecule has 1 amide bonds. The van der Waals surface area contributed by atoms with Crippen LogP contribution in [0.2, 0.25) is 0 Å². The Bertz CT molecular complexity index is 211. The highest BCUT2D eigenvalue weighted by molar-refractivity contribution is 5.67. The first-order valence-electron chi connectivity index (χ1n) is 5.03. The summed E-state index contributed by atoms with van der Waals surface area (Å²) >= 11 is 0. The summed E-state index contributed by atoms with van der Waals surface area (Å²) in [5.41, 5.74) is 4.90. The van der Waals surface area contributed by atoms with Crippen molar-refractivity contribution in [1.29, 1.82) is 0 Å². The van der Waals surface area contributed by atoms with Crippen molar-refractivity contribution in [3.05, 3.63) is 0 Å². The lowest BCUT2D eigenvalue weighted by atomic mass is 10.2. The SMILES string of the molecule is CC(C)(C)OC(=O)NCCCC(N)C=O. The van der Waals surface area contributed by atoms with Crippen molar-refractivity contribution in [2.75, 3.05) is 6.54 Å². The summed E-state index contributed by atoms with van der Waals surface area (Å²) < 4.78 is 5.02. The molecule has 0 saturated heterocycles. The van der Waals surface area contributed by atoms with Gasteiger partial charge in [-0.3, -0.25) is 0 Å². The average molecular weight is 216 g/mol. The molecule has 1 atom stereocenters. The second-order valence-corrected chi connectivity index (χ2v) is 4.37. The average Bonchev–Trinajstić information content (AvgIpc) is 2.09. The van der Waals surface area contributed by atoms with E-state index in [0.29, 0.717) is 25.7 Å². The molecule has 0 aliphatic carbocycles. The Morgan fingerprint density at radius 2 is 2.13 bits per heavy atom. The van der Waals surface area contributed by atoms with Gasteiger partial charge >= 0.3 is 6.09 Å². The van der Waals surface area contributed by atoms with Crippen molar-refractivity contribution in [2.45, 2.75) is 45.3 Å². The molecule has 5 nitrogen and oxygen atoms in total. The molecule has 0 saturated carbocycles. The molecule has 88 valence electrons. The van der Waals surface area contributed by atoms with Gasteiger partial charge in [0.2, 0.25) is 0 Å². The van der Waals surface area contributed by atoms with Crippen LogP contribution in [0.4, 0.5) is 4.79 Å². The highest BCUT2D eigenvalue weighted by Crippen LogP contribution is 2.06. The molecule has 0 heterocycles. The quantitative estimate of drug-likeness (QED) is 0.526. The molecule has 3 N–H and O–H groups in total. The number of amides is 1. The number of ether oxygens (including phenoxy) is 1. The number of nitrogens with one attached hydrogen (secondary N) is 1.